The molecule has 0 heterocycles. The molecule has 104 valence electrons. The van der Waals surface area contributed by atoms with Gasteiger partial charge in [0.25, 0.3) is 0 Å². The molecule has 1 atom stereocenters. The molecule has 1 aromatic carbocycles. The van der Waals surface area contributed by atoms with Crippen LogP contribution in [0.4, 0.5) is 0 Å². The molecule has 5 heteroatoms. The zero-order valence-corrected chi connectivity index (χ0v) is 13.5. The van der Waals surface area contributed by atoms with E-state index < -0.39 is 20.4 Å². The van der Waals surface area contributed by atoms with Gasteiger partial charge in [-0.05, 0) is 37.3 Å². The van der Waals surface area contributed by atoms with Crippen LogP contribution in [-0.2, 0) is 14.0 Å². The molecule has 1 unspecified atom stereocenters. The molecule has 0 aliphatic carbocycles. The third-order valence-electron chi connectivity index (χ3n) is 2.41. The summed E-state index contributed by atoms with van der Waals surface area (Å²) in [7, 11) is -0.505. The molecular weight excluding hydrogens is 280 g/mol. The Hall–Kier alpha value is -1.10. The third kappa shape index (κ3) is 4.82. The van der Waals surface area contributed by atoms with Crippen molar-refractivity contribution in [2.45, 2.75) is 25.7 Å². The Bertz CT molecular complexity index is 463. The molecule has 0 aliphatic heterocycles. The number of hydrogen-bond acceptors (Lipinski definition) is 3. The van der Waals surface area contributed by atoms with E-state index in [9.17, 15) is 4.79 Å². The summed E-state index contributed by atoms with van der Waals surface area (Å²) in [6.45, 7) is 9.97. The Balaban J connectivity index is 3.08. The topological polar surface area (TPSA) is 35.5 Å². The maximum Gasteiger partial charge on any atom is 0.336 e. The summed E-state index contributed by atoms with van der Waals surface area (Å²) >= 11 is 5.87. The van der Waals surface area contributed by atoms with Gasteiger partial charge in [-0.3, -0.25) is 0 Å². The standard InChI is InChI=1S/C14H19ClO3Si/c1-10(14(16)17-2)13(18-19(3,4)5)11-6-8-12(15)9-7-11/h6-9,13H,1H2,2-5H3. The van der Waals surface area contributed by atoms with E-state index in [-0.39, 0.29) is 0 Å². The van der Waals surface area contributed by atoms with E-state index in [0.29, 0.717) is 10.6 Å². The first-order valence-electron chi connectivity index (χ1n) is 5.95. The monoisotopic (exact) mass is 298 g/mol. The van der Waals surface area contributed by atoms with Crippen LogP contribution in [0.5, 0.6) is 0 Å². The SMILES string of the molecule is C=C(C(=O)OC)C(O[Si](C)(C)C)c1ccc(Cl)cc1. The fourth-order valence-corrected chi connectivity index (χ4v) is 2.68. The molecule has 0 bridgehead atoms. The number of halogens is 1. The number of ether oxygens (including phenoxy) is 1. The predicted molar refractivity (Wildman–Crippen MR) is 79.8 cm³/mol. The number of hydrogen-bond donors (Lipinski definition) is 0. The minimum absolute atomic E-state index is 0.298. The minimum Gasteiger partial charge on any atom is -0.466 e. The molecule has 3 nitrogen and oxygen atoms in total. The molecule has 0 saturated carbocycles. The Morgan fingerprint density at radius 1 is 1.26 bits per heavy atom. The van der Waals surface area contributed by atoms with E-state index in [1.165, 1.54) is 7.11 Å². The van der Waals surface area contributed by atoms with Crippen molar-refractivity contribution in [3.63, 3.8) is 0 Å². The lowest BCUT2D eigenvalue weighted by molar-refractivity contribution is -0.137. The molecule has 0 radical (unpaired) electrons. The van der Waals surface area contributed by atoms with Crippen LogP contribution < -0.4 is 0 Å². The predicted octanol–water partition coefficient (Wildman–Crippen LogP) is 3.96. The van der Waals surface area contributed by atoms with Crippen LogP contribution in [0.3, 0.4) is 0 Å². The molecule has 0 saturated heterocycles. The minimum atomic E-state index is -1.84. The summed E-state index contributed by atoms with van der Waals surface area (Å²) in [6.07, 6.45) is -0.489. The lowest BCUT2D eigenvalue weighted by Crippen LogP contribution is -2.30. The van der Waals surface area contributed by atoms with Crippen molar-refractivity contribution < 1.29 is 14.0 Å². The molecule has 0 spiro atoms. The fraction of sp³-hybridized carbons (Fsp3) is 0.357. The van der Waals surface area contributed by atoms with Crippen LogP contribution in [0.2, 0.25) is 24.7 Å². The Kier molecular flexibility index (Phi) is 5.35. The van der Waals surface area contributed by atoms with E-state index in [2.05, 4.69) is 26.2 Å². The average Bonchev–Trinajstić information content (AvgIpc) is 2.34. The normalized spacial score (nSPS) is 12.9. The molecule has 19 heavy (non-hydrogen) atoms. The molecular formula is C14H19ClO3Si. The highest BCUT2D eigenvalue weighted by molar-refractivity contribution is 6.69. The van der Waals surface area contributed by atoms with Crippen molar-refractivity contribution in [2.75, 3.05) is 7.11 Å². The van der Waals surface area contributed by atoms with E-state index in [1.54, 1.807) is 12.1 Å². The number of carbonyl (C=O) groups excluding carboxylic acids is 1. The third-order valence-corrected chi connectivity index (χ3v) is 3.60. The second-order valence-electron chi connectivity index (χ2n) is 5.18. The average molecular weight is 299 g/mol. The molecule has 0 aromatic heterocycles. The smallest absolute Gasteiger partial charge is 0.336 e. The highest BCUT2D eigenvalue weighted by Crippen LogP contribution is 2.30. The van der Waals surface area contributed by atoms with Crippen LogP contribution in [0.25, 0.3) is 0 Å². The molecule has 1 aromatic rings. The summed E-state index contributed by atoms with van der Waals surface area (Å²) in [6, 6.07) is 7.20. The zero-order valence-electron chi connectivity index (χ0n) is 11.7. The Morgan fingerprint density at radius 3 is 2.21 bits per heavy atom. The van der Waals surface area contributed by atoms with Crippen LogP contribution in [-0.4, -0.2) is 21.4 Å². The fourth-order valence-electron chi connectivity index (χ4n) is 1.57. The number of rotatable bonds is 5. The van der Waals surface area contributed by atoms with Gasteiger partial charge in [-0.15, -0.1) is 0 Å². The lowest BCUT2D eigenvalue weighted by atomic mass is 10.0. The van der Waals surface area contributed by atoms with Crippen molar-refractivity contribution in [2.24, 2.45) is 0 Å². The number of methoxy groups -OCH3 is 1. The summed E-state index contributed by atoms with van der Waals surface area (Å²) < 4.78 is 10.8. The summed E-state index contributed by atoms with van der Waals surface area (Å²) in [5, 5.41) is 0.638. The van der Waals surface area contributed by atoms with Crippen molar-refractivity contribution in [3.05, 3.63) is 47.0 Å². The van der Waals surface area contributed by atoms with Gasteiger partial charge in [0, 0.05) is 5.02 Å². The second-order valence-corrected chi connectivity index (χ2v) is 10.1. The first-order valence-corrected chi connectivity index (χ1v) is 9.73. The van der Waals surface area contributed by atoms with E-state index in [1.807, 2.05) is 12.1 Å². The van der Waals surface area contributed by atoms with Crippen molar-refractivity contribution in [3.8, 4) is 0 Å². The highest BCUT2D eigenvalue weighted by atomic mass is 35.5. The van der Waals surface area contributed by atoms with Crippen LogP contribution >= 0.6 is 11.6 Å². The van der Waals surface area contributed by atoms with E-state index in [0.717, 1.165) is 5.56 Å². The van der Waals surface area contributed by atoms with Gasteiger partial charge in [-0.1, -0.05) is 30.3 Å². The Labute approximate surface area is 120 Å². The molecule has 0 amide bonds. The highest BCUT2D eigenvalue weighted by Gasteiger charge is 2.28. The number of carbonyl (C=O) groups is 1. The number of esters is 1. The zero-order chi connectivity index (χ0) is 14.6. The maximum absolute atomic E-state index is 11.7. The first-order chi connectivity index (χ1) is 8.74. The van der Waals surface area contributed by atoms with Crippen molar-refractivity contribution >= 4 is 25.9 Å². The molecule has 1 rings (SSSR count). The van der Waals surface area contributed by atoms with Crippen LogP contribution in [0.1, 0.15) is 11.7 Å². The van der Waals surface area contributed by atoms with Gasteiger partial charge in [0.05, 0.1) is 12.7 Å². The van der Waals surface area contributed by atoms with Crippen molar-refractivity contribution in [1.82, 2.24) is 0 Å². The molecule has 0 fully saturated rings. The quantitative estimate of drug-likeness (QED) is 0.469. The van der Waals surface area contributed by atoms with Gasteiger partial charge in [0.1, 0.15) is 6.10 Å². The van der Waals surface area contributed by atoms with Gasteiger partial charge in [0.2, 0.25) is 0 Å². The Morgan fingerprint density at radius 2 is 1.79 bits per heavy atom. The van der Waals surface area contributed by atoms with Gasteiger partial charge in [0.15, 0.2) is 8.32 Å². The summed E-state index contributed by atoms with van der Waals surface area (Å²) in [5.74, 6) is -0.460. The van der Waals surface area contributed by atoms with Crippen LogP contribution in [0, 0.1) is 0 Å². The van der Waals surface area contributed by atoms with E-state index >= 15 is 0 Å². The van der Waals surface area contributed by atoms with Crippen molar-refractivity contribution in [1.29, 1.82) is 0 Å². The largest absolute Gasteiger partial charge is 0.466 e. The summed E-state index contributed by atoms with van der Waals surface area (Å²) in [5.41, 5.74) is 1.15. The van der Waals surface area contributed by atoms with Gasteiger partial charge < -0.3 is 9.16 Å². The summed E-state index contributed by atoms with van der Waals surface area (Å²) in [4.78, 5) is 11.7. The first kappa shape index (κ1) is 16.0. The van der Waals surface area contributed by atoms with Gasteiger partial charge in [-0.2, -0.15) is 0 Å². The lowest BCUT2D eigenvalue weighted by Gasteiger charge is -2.27. The van der Waals surface area contributed by atoms with Crippen LogP contribution in [0.15, 0.2) is 36.4 Å². The van der Waals surface area contributed by atoms with Gasteiger partial charge in [-0.25, -0.2) is 4.79 Å². The maximum atomic E-state index is 11.7. The number of benzene rings is 1. The second kappa shape index (κ2) is 6.37. The molecule has 0 aliphatic rings. The van der Waals surface area contributed by atoms with E-state index in [4.69, 9.17) is 20.8 Å². The van der Waals surface area contributed by atoms with Gasteiger partial charge >= 0.3 is 5.97 Å². The molecule has 0 N–H and O–H groups in total.